The minimum absolute atomic E-state index is 0.00320. The molecule has 2 unspecified atom stereocenters. The van der Waals surface area contributed by atoms with E-state index in [1.165, 1.54) is 37.1 Å². The fourth-order valence-electron chi connectivity index (χ4n) is 3.87. The van der Waals surface area contributed by atoms with Crippen LogP contribution in [0.5, 0.6) is 0 Å². The van der Waals surface area contributed by atoms with Crippen molar-refractivity contribution in [1.29, 1.82) is 0 Å². The van der Waals surface area contributed by atoms with E-state index in [0.717, 1.165) is 23.0 Å². The van der Waals surface area contributed by atoms with E-state index in [2.05, 4.69) is 41.2 Å². The normalized spacial score (nSPS) is 13.6. The molecule has 0 aromatic carbocycles. The molecule has 0 bridgehead atoms. The first-order valence-corrected chi connectivity index (χ1v) is 13.1. The number of aryl methyl sites for hydroxylation is 1. The van der Waals surface area contributed by atoms with Gasteiger partial charge < -0.3 is 10.4 Å². The number of aromatic nitrogens is 8. The Morgan fingerprint density at radius 1 is 0.953 bits per heavy atom. The summed E-state index contributed by atoms with van der Waals surface area (Å²) < 4.78 is 69.8. The summed E-state index contributed by atoms with van der Waals surface area (Å²) in [6.45, 7) is 2.65. The molecule has 0 fully saturated rings. The van der Waals surface area contributed by atoms with Crippen LogP contribution in [-0.2, 0) is 38.0 Å². The van der Waals surface area contributed by atoms with E-state index in [1.54, 1.807) is 12.1 Å². The average Bonchev–Trinajstić information content (AvgIpc) is 3.63. The van der Waals surface area contributed by atoms with Gasteiger partial charge in [0.05, 0.1) is 42.4 Å². The zero-order chi connectivity index (χ0) is 31.2. The average molecular weight is 609 g/mol. The number of aliphatic hydroxyl groups is 1. The predicted octanol–water partition coefficient (Wildman–Crippen LogP) is 3.02. The molecule has 0 aliphatic rings. The van der Waals surface area contributed by atoms with Gasteiger partial charge in [0.2, 0.25) is 0 Å². The van der Waals surface area contributed by atoms with E-state index in [0.29, 0.717) is 11.3 Å². The highest BCUT2D eigenvalue weighted by Crippen LogP contribution is 2.29. The van der Waals surface area contributed by atoms with Gasteiger partial charge in [0, 0.05) is 31.9 Å². The maximum absolute atomic E-state index is 14.6. The van der Waals surface area contributed by atoms with Gasteiger partial charge in [-0.3, -0.25) is 24.8 Å². The van der Waals surface area contributed by atoms with Crippen LogP contribution in [0.1, 0.15) is 65.2 Å². The van der Waals surface area contributed by atoms with Crippen LogP contribution < -0.4 is 10.6 Å². The van der Waals surface area contributed by atoms with Crippen LogP contribution in [0.15, 0.2) is 49.1 Å². The van der Waals surface area contributed by atoms with Gasteiger partial charge in [-0.2, -0.15) is 13.2 Å². The van der Waals surface area contributed by atoms with E-state index >= 15 is 0 Å². The molecule has 230 valence electrons. The van der Waals surface area contributed by atoms with Gasteiger partial charge in [0.15, 0.2) is 11.9 Å². The topological polar surface area (TPSA) is 149 Å². The van der Waals surface area contributed by atoms with Crippen molar-refractivity contribution in [3.8, 4) is 0 Å². The van der Waals surface area contributed by atoms with Crippen LogP contribution in [0, 0.1) is 0 Å². The summed E-state index contributed by atoms with van der Waals surface area (Å²) in [5, 5.41) is 30.8. The third-order valence-electron chi connectivity index (χ3n) is 6.22. The van der Waals surface area contributed by atoms with Gasteiger partial charge in [0.1, 0.15) is 17.5 Å². The van der Waals surface area contributed by atoms with Crippen molar-refractivity contribution >= 4 is 5.91 Å². The number of rotatable bonds is 13. The number of nitrogens with zero attached hydrogens (tertiary/aromatic N) is 8. The SMILES string of the molecule is CC(C)(F)c1ccnc(CNC(O)c2cn(CCC(F)Cn3cc(C(=O)NCc4cc(C(F)(F)F)ccn4)nn3)nn2)c1. The Kier molecular flexibility index (Phi) is 9.75. The number of amides is 1. The maximum atomic E-state index is 14.6. The van der Waals surface area contributed by atoms with Crippen molar-refractivity contribution in [1.82, 2.24) is 50.6 Å². The second-order valence-electron chi connectivity index (χ2n) is 10.1. The first-order valence-electron chi connectivity index (χ1n) is 13.1. The van der Waals surface area contributed by atoms with Crippen LogP contribution >= 0.6 is 0 Å². The second kappa shape index (κ2) is 13.3. The summed E-state index contributed by atoms with van der Waals surface area (Å²) in [6, 6.07) is 4.83. The molecule has 4 rings (SSSR count). The molecule has 12 nitrogen and oxygen atoms in total. The second-order valence-corrected chi connectivity index (χ2v) is 10.1. The first-order chi connectivity index (χ1) is 20.3. The molecule has 4 aromatic heterocycles. The molecule has 0 saturated heterocycles. The molecule has 0 radical (unpaired) electrons. The number of aliphatic hydroxyl groups excluding tert-OH is 1. The Balaban J connectivity index is 1.21. The first kappa shape index (κ1) is 31.6. The molecular weight excluding hydrogens is 579 g/mol. The van der Waals surface area contributed by atoms with E-state index in [1.807, 2.05) is 0 Å². The molecule has 0 saturated carbocycles. The molecule has 43 heavy (non-hydrogen) atoms. The van der Waals surface area contributed by atoms with Crippen molar-refractivity contribution in [2.24, 2.45) is 0 Å². The zero-order valence-corrected chi connectivity index (χ0v) is 23.1. The number of hydrogen-bond acceptors (Lipinski definition) is 9. The maximum Gasteiger partial charge on any atom is 0.416 e. The number of pyridine rings is 2. The third-order valence-corrected chi connectivity index (χ3v) is 6.22. The number of alkyl halides is 5. The summed E-state index contributed by atoms with van der Waals surface area (Å²) in [5.74, 6) is -0.710. The van der Waals surface area contributed by atoms with E-state index in [4.69, 9.17) is 0 Å². The lowest BCUT2D eigenvalue weighted by atomic mass is 10.0. The Hall–Kier alpha value is -4.38. The molecule has 17 heteroatoms. The summed E-state index contributed by atoms with van der Waals surface area (Å²) in [7, 11) is 0. The highest BCUT2D eigenvalue weighted by molar-refractivity contribution is 5.91. The fraction of sp³-hybridized carbons (Fsp3) is 0.423. The highest BCUT2D eigenvalue weighted by atomic mass is 19.4. The standard InChI is InChI=1S/C26H29F5N10O2/c1-25(2,28)16-3-6-32-19(9-16)11-34-23(42)21-14-40(38-36-21)8-5-18(27)13-41-15-22(37-39-41)24(43)35-12-20-10-17(4-7-33-20)26(29,30)31/h3-4,6-7,9-10,14-15,18,23,34,42H,5,8,11-13H2,1-2H3,(H,35,43). The largest absolute Gasteiger partial charge is 0.416 e. The number of carbonyl (C=O) groups excluding carboxylic acids is 1. The van der Waals surface area contributed by atoms with Crippen LogP contribution in [0.3, 0.4) is 0 Å². The summed E-state index contributed by atoms with van der Waals surface area (Å²) in [6.07, 6.45) is -1.97. The van der Waals surface area contributed by atoms with Crippen molar-refractivity contribution in [3.63, 3.8) is 0 Å². The van der Waals surface area contributed by atoms with Gasteiger partial charge in [-0.05, 0) is 43.7 Å². The third kappa shape index (κ3) is 9.05. The molecule has 4 heterocycles. The lowest BCUT2D eigenvalue weighted by molar-refractivity contribution is -0.137. The summed E-state index contributed by atoms with van der Waals surface area (Å²) >= 11 is 0. The van der Waals surface area contributed by atoms with Gasteiger partial charge >= 0.3 is 6.18 Å². The van der Waals surface area contributed by atoms with Crippen molar-refractivity contribution in [3.05, 3.63) is 83.0 Å². The summed E-state index contributed by atoms with van der Waals surface area (Å²) in [4.78, 5) is 20.3. The lowest BCUT2D eigenvalue weighted by Gasteiger charge is -2.16. The van der Waals surface area contributed by atoms with Gasteiger partial charge in [0.25, 0.3) is 5.91 Å². The monoisotopic (exact) mass is 608 g/mol. The van der Waals surface area contributed by atoms with Crippen LogP contribution in [-0.4, -0.2) is 57.1 Å². The van der Waals surface area contributed by atoms with E-state index in [-0.39, 0.29) is 49.7 Å². The smallest absolute Gasteiger partial charge is 0.373 e. The molecule has 0 spiro atoms. The van der Waals surface area contributed by atoms with Crippen LogP contribution in [0.4, 0.5) is 22.0 Å². The molecule has 2 atom stereocenters. The quantitative estimate of drug-likeness (QED) is 0.154. The number of carbonyl (C=O) groups is 1. The minimum Gasteiger partial charge on any atom is -0.373 e. The Morgan fingerprint density at radius 3 is 2.30 bits per heavy atom. The number of hydrogen-bond donors (Lipinski definition) is 3. The van der Waals surface area contributed by atoms with E-state index in [9.17, 15) is 31.9 Å². The molecule has 1 amide bonds. The lowest BCUT2D eigenvalue weighted by Crippen LogP contribution is -2.24. The molecule has 3 N–H and O–H groups in total. The van der Waals surface area contributed by atoms with Gasteiger partial charge in [-0.15, -0.1) is 10.2 Å². The highest BCUT2D eigenvalue weighted by Gasteiger charge is 2.30. The molecule has 4 aromatic rings. The van der Waals surface area contributed by atoms with Crippen LogP contribution in [0.2, 0.25) is 0 Å². The number of nitrogens with one attached hydrogen (secondary N) is 2. The van der Waals surface area contributed by atoms with Gasteiger partial charge in [-0.25, -0.2) is 13.5 Å². The summed E-state index contributed by atoms with van der Waals surface area (Å²) in [5.41, 5.74) is -1.38. The van der Waals surface area contributed by atoms with Crippen molar-refractivity contribution in [2.45, 2.75) is 70.7 Å². The predicted molar refractivity (Wildman–Crippen MR) is 140 cm³/mol. The minimum atomic E-state index is -4.54. The molecule has 0 aliphatic heterocycles. The fourth-order valence-corrected chi connectivity index (χ4v) is 3.87. The van der Waals surface area contributed by atoms with Crippen molar-refractivity contribution < 1.29 is 31.9 Å². The number of halogens is 5. The Labute approximate surface area is 242 Å². The van der Waals surface area contributed by atoms with Crippen LogP contribution in [0.25, 0.3) is 0 Å². The zero-order valence-electron chi connectivity index (χ0n) is 23.1. The van der Waals surface area contributed by atoms with Gasteiger partial charge in [-0.1, -0.05) is 10.4 Å². The van der Waals surface area contributed by atoms with Crippen molar-refractivity contribution in [2.75, 3.05) is 0 Å². The Bertz CT molecular complexity index is 1520. The Morgan fingerprint density at radius 2 is 1.60 bits per heavy atom. The molecular formula is C26H29F5N10O2. The molecule has 0 aliphatic carbocycles. The van der Waals surface area contributed by atoms with E-state index < -0.39 is 35.7 Å².